The third-order valence-electron chi connectivity index (χ3n) is 2.98. The van der Waals surface area contributed by atoms with Gasteiger partial charge in [-0.15, -0.1) is 0 Å². The Morgan fingerprint density at radius 3 is 2.76 bits per heavy atom. The summed E-state index contributed by atoms with van der Waals surface area (Å²) in [4.78, 5) is 20.1. The summed E-state index contributed by atoms with van der Waals surface area (Å²) in [6.45, 7) is 3.32. The van der Waals surface area contributed by atoms with E-state index in [1.165, 1.54) is 12.4 Å². The lowest BCUT2D eigenvalue weighted by molar-refractivity contribution is 0.0952. The Morgan fingerprint density at radius 1 is 1.29 bits per heavy atom. The van der Waals surface area contributed by atoms with Gasteiger partial charge in [-0.2, -0.15) is 0 Å². The number of anilines is 1. The van der Waals surface area contributed by atoms with Crippen molar-refractivity contribution in [2.75, 3.05) is 11.9 Å². The minimum absolute atomic E-state index is 0.135. The van der Waals surface area contributed by atoms with Crippen molar-refractivity contribution >= 4 is 11.9 Å². The van der Waals surface area contributed by atoms with Gasteiger partial charge in [-0.1, -0.05) is 19.8 Å². The van der Waals surface area contributed by atoms with Gasteiger partial charge in [0.15, 0.2) is 0 Å². The van der Waals surface area contributed by atoms with Crippen molar-refractivity contribution in [3.05, 3.63) is 42.1 Å². The van der Waals surface area contributed by atoms with Gasteiger partial charge in [0, 0.05) is 18.9 Å². The predicted octanol–water partition coefficient (Wildman–Crippen LogP) is 2.60. The average molecular weight is 288 g/mol. The van der Waals surface area contributed by atoms with Crippen molar-refractivity contribution in [1.29, 1.82) is 0 Å². The maximum absolute atomic E-state index is 11.8. The number of nitrogens with zero attached hydrogens (tertiary/aromatic N) is 2. The Bertz CT molecular complexity index is 537. The lowest BCUT2D eigenvalue weighted by Crippen LogP contribution is -2.24. The Kier molecular flexibility index (Phi) is 5.75. The molecule has 6 heteroatoms. The number of hydrogen-bond donors (Lipinski definition) is 2. The lowest BCUT2D eigenvalue weighted by Gasteiger charge is -2.05. The zero-order valence-electron chi connectivity index (χ0n) is 12.1. The summed E-state index contributed by atoms with van der Waals surface area (Å²) in [5.41, 5.74) is 0.468. The second kappa shape index (κ2) is 8.04. The van der Waals surface area contributed by atoms with Gasteiger partial charge in [0.1, 0.15) is 5.76 Å². The van der Waals surface area contributed by atoms with Gasteiger partial charge in [0.25, 0.3) is 5.91 Å². The van der Waals surface area contributed by atoms with Crippen LogP contribution in [0, 0.1) is 0 Å². The molecule has 6 nitrogen and oxygen atoms in total. The maximum Gasteiger partial charge on any atom is 0.254 e. The largest absolute Gasteiger partial charge is 0.467 e. The van der Waals surface area contributed by atoms with Crippen LogP contribution in [0.3, 0.4) is 0 Å². The van der Waals surface area contributed by atoms with Crippen molar-refractivity contribution < 1.29 is 9.21 Å². The lowest BCUT2D eigenvalue weighted by atomic mass is 10.2. The first kappa shape index (κ1) is 15.0. The quantitative estimate of drug-likeness (QED) is 0.730. The molecule has 0 aliphatic carbocycles. The zero-order chi connectivity index (χ0) is 14.9. The fourth-order valence-corrected chi connectivity index (χ4v) is 1.79. The second-order valence-corrected chi connectivity index (χ2v) is 4.69. The Hall–Kier alpha value is -2.37. The summed E-state index contributed by atoms with van der Waals surface area (Å²) >= 11 is 0. The molecular weight excluding hydrogens is 268 g/mol. The number of unbranched alkanes of at least 4 members (excludes halogenated alkanes) is 2. The molecule has 0 unspecified atom stereocenters. The summed E-state index contributed by atoms with van der Waals surface area (Å²) in [6.07, 6.45) is 7.90. The van der Waals surface area contributed by atoms with Gasteiger partial charge >= 0.3 is 0 Å². The predicted molar refractivity (Wildman–Crippen MR) is 79.9 cm³/mol. The van der Waals surface area contributed by atoms with E-state index < -0.39 is 0 Å². The molecule has 2 rings (SSSR count). The SMILES string of the molecule is CCCCCNC(=O)c1cnc(NCc2ccco2)nc1. The van der Waals surface area contributed by atoms with Gasteiger partial charge in [-0.25, -0.2) is 9.97 Å². The summed E-state index contributed by atoms with van der Waals surface area (Å²) in [5.74, 6) is 1.13. The monoisotopic (exact) mass is 288 g/mol. The molecule has 112 valence electrons. The smallest absolute Gasteiger partial charge is 0.254 e. The highest BCUT2D eigenvalue weighted by molar-refractivity contribution is 5.93. The van der Waals surface area contributed by atoms with Crippen molar-refractivity contribution in [3.8, 4) is 0 Å². The van der Waals surface area contributed by atoms with Gasteiger partial charge in [0.2, 0.25) is 5.95 Å². The Morgan fingerprint density at radius 2 is 2.10 bits per heavy atom. The maximum atomic E-state index is 11.8. The second-order valence-electron chi connectivity index (χ2n) is 4.69. The van der Waals surface area contributed by atoms with E-state index >= 15 is 0 Å². The van der Waals surface area contributed by atoms with Crippen LogP contribution in [0.25, 0.3) is 0 Å². The molecule has 0 spiro atoms. The molecule has 2 N–H and O–H groups in total. The number of hydrogen-bond acceptors (Lipinski definition) is 5. The first-order valence-corrected chi connectivity index (χ1v) is 7.16. The van der Waals surface area contributed by atoms with Crippen molar-refractivity contribution in [2.45, 2.75) is 32.7 Å². The van der Waals surface area contributed by atoms with Crippen molar-refractivity contribution in [2.24, 2.45) is 0 Å². The molecule has 0 aromatic carbocycles. The summed E-state index contributed by atoms with van der Waals surface area (Å²) in [5, 5.41) is 5.88. The summed E-state index contributed by atoms with van der Waals surface area (Å²) in [7, 11) is 0. The van der Waals surface area contributed by atoms with Crippen LogP contribution in [0.15, 0.2) is 35.2 Å². The van der Waals surface area contributed by atoms with E-state index in [1.54, 1.807) is 6.26 Å². The molecule has 0 saturated carbocycles. The summed E-state index contributed by atoms with van der Waals surface area (Å²) < 4.78 is 5.20. The van der Waals surface area contributed by atoms with Crippen LogP contribution in [-0.2, 0) is 6.54 Å². The average Bonchev–Trinajstić information content (AvgIpc) is 3.03. The number of rotatable bonds is 8. The first-order chi connectivity index (χ1) is 10.3. The molecule has 0 bridgehead atoms. The molecule has 0 atom stereocenters. The fourth-order valence-electron chi connectivity index (χ4n) is 1.79. The third kappa shape index (κ3) is 4.91. The summed E-state index contributed by atoms with van der Waals surface area (Å²) in [6, 6.07) is 3.69. The molecule has 0 aliphatic heterocycles. The number of furan rings is 1. The Balaban J connectivity index is 1.79. The van der Waals surface area contributed by atoms with Crippen molar-refractivity contribution in [1.82, 2.24) is 15.3 Å². The molecule has 2 aromatic heterocycles. The van der Waals surface area contributed by atoms with Crippen LogP contribution in [0.4, 0.5) is 5.95 Å². The van der Waals surface area contributed by atoms with Crippen molar-refractivity contribution in [3.63, 3.8) is 0 Å². The zero-order valence-corrected chi connectivity index (χ0v) is 12.1. The number of amides is 1. The van der Waals surface area contributed by atoms with Crippen LogP contribution in [0.5, 0.6) is 0 Å². The molecule has 2 heterocycles. The Labute approximate surface area is 124 Å². The highest BCUT2D eigenvalue weighted by Crippen LogP contribution is 2.05. The van der Waals surface area contributed by atoms with Crippen LogP contribution in [0.1, 0.15) is 42.3 Å². The van der Waals surface area contributed by atoms with Crippen LogP contribution < -0.4 is 10.6 Å². The van der Waals surface area contributed by atoms with E-state index in [0.717, 1.165) is 25.0 Å². The molecule has 0 saturated heterocycles. The molecule has 0 aliphatic rings. The van der Waals surface area contributed by atoms with E-state index in [1.807, 2.05) is 12.1 Å². The molecule has 2 aromatic rings. The minimum Gasteiger partial charge on any atom is -0.467 e. The van der Waals surface area contributed by atoms with Crippen LogP contribution >= 0.6 is 0 Å². The minimum atomic E-state index is -0.135. The van der Waals surface area contributed by atoms with E-state index in [2.05, 4.69) is 27.5 Å². The van der Waals surface area contributed by atoms with Gasteiger partial charge in [0.05, 0.1) is 18.4 Å². The van der Waals surface area contributed by atoms with E-state index in [9.17, 15) is 4.79 Å². The standard InChI is InChI=1S/C15H20N4O2/c1-2-3-4-7-16-14(20)12-9-17-15(18-10-12)19-11-13-6-5-8-21-13/h5-6,8-10H,2-4,7,11H2,1H3,(H,16,20)(H,17,18,19). The molecule has 0 radical (unpaired) electrons. The highest BCUT2D eigenvalue weighted by Gasteiger charge is 2.06. The first-order valence-electron chi connectivity index (χ1n) is 7.16. The van der Waals surface area contributed by atoms with E-state index in [-0.39, 0.29) is 5.91 Å². The fraction of sp³-hybridized carbons (Fsp3) is 0.400. The number of nitrogens with one attached hydrogen (secondary N) is 2. The normalized spacial score (nSPS) is 10.3. The topological polar surface area (TPSA) is 80.0 Å². The third-order valence-corrected chi connectivity index (χ3v) is 2.98. The number of carbonyl (C=O) groups excluding carboxylic acids is 1. The molecule has 1 amide bonds. The number of carbonyl (C=O) groups is 1. The van der Waals surface area contributed by atoms with Gasteiger partial charge in [-0.05, 0) is 18.6 Å². The molecule has 21 heavy (non-hydrogen) atoms. The van der Waals surface area contributed by atoms with E-state index in [0.29, 0.717) is 24.6 Å². The van der Waals surface area contributed by atoms with Gasteiger partial charge < -0.3 is 15.1 Å². The molecule has 0 fully saturated rings. The van der Waals surface area contributed by atoms with Crippen LogP contribution in [0.2, 0.25) is 0 Å². The highest BCUT2D eigenvalue weighted by atomic mass is 16.3. The van der Waals surface area contributed by atoms with E-state index in [4.69, 9.17) is 4.42 Å². The number of aromatic nitrogens is 2. The van der Waals surface area contributed by atoms with Crippen LogP contribution in [-0.4, -0.2) is 22.4 Å². The molecular formula is C15H20N4O2. The van der Waals surface area contributed by atoms with Gasteiger partial charge in [-0.3, -0.25) is 4.79 Å².